The molecule has 0 aliphatic rings. The van der Waals surface area contributed by atoms with Crippen LogP contribution in [0, 0.1) is 12.7 Å². The number of hydrogen-bond acceptors (Lipinski definition) is 6. The molecule has 0 atom stereocenters. The average Bonchev–Trinajstić information content (AvgIpc) is 2.83. The zero-order valence-corrected chi connectivity index (χ0v) is 19.1. The predicted molar refractivity (Wildman–Crippen MR) is 124 cm³/mol. The zero-order chi connectivity index (χ0) is 25.1. The zero-order valence-electron chi connectivity index (χ0n) is 19.1. The van der Waals surface area contributed by atoms with Crippen LogP contribution in [0.15, 0.2) is 53.7 Å². The topological polar surface area (TPSA) is 134 Å². The summed E-state index contributed by atoms with van der Waals surface area (Å²) in [4.78, 5) is 55.6. The first-order chi connectivity index (χ1) is 16.2. The van der Waals surface area contributed by atoms with Crippen LogP contribution in [-0.4, -0.2) is 39.1 Å². The Labute approximate surface area is 195 Å². The number of ketones is 1. The maximum Gasteiger partial charge on any atom is 0.270 e. The highest BCUT2D eigenvalue weighted by Gasteiger charge is 2.13. The van der Waals surface area contributed by atoms with Gasteiger partial charge in [-0.15, -0.1) is 0 Å². The summed E-state index contributed by atoms with van der Waals surface area (Å²) < 4.78 is 13.2. The first kappa shape index (κ1) is 26.0. The van der Waals surface area contributed by atoms with E-state index in [1.54, 1.807) is 31.3 Å². The number of Topliss-reactive ketones (excluding diaryl/α,β-unsaturated/α-hetero) is 1. The highest BCUT2D eigenvalue weighted by atomic mass is 19.1. The number of carbonyl (C=O) groups excluding carboxylic acids is 3. The number of H-pyrrole nitrogens is 1. The van der Waals surface area contributed by atoms with Crippen molar-refractivity contribution in [1.82, 2.24) is 25.6 Å². The fraction of sp³-hybridized carbons (Fsp3) is 0.250. The summed E-state index contributed by atoms with van der Waals surface area (Å²) in [6.07, 6.45) is 3.69. The number of benzene rings is 1. The molecule has 0 saturated heterocycles. The molecule has 34 heavy (non-hydrogen) atoms. The minimum Gasteiger partial charge on any atom is -0.347 e. The Morgan fingerprint density at radius 2 is 1.65 bits per heavy atom. The Hall–Kier alpha value is -4.21. The van der Waals surface area contributed by atoms with Crippen LogP contribution >= 0.6 is 0 Å². The van der Waals surface area contributed by atoms with E-state index in [1.165, 1.54) is 19.1 Å². The van der Waals surface area contributed by atoms with Gasteiger partial charge in [-0.2, -0.15) is 0 Å². The molecule has 3 rings (SSSR count). The van der Waals surface area contributed by atoms with E-state index >= 15 is 0 Å². The van der Waals surface area contributed by atoms with Crippen LogP contribution in [0.2, 0.25) is 0 Å². The van der Waals surface area contributed by atoms with Gasteiger partial charge in [0.05, 0.1) is 6.54 Å². The molecule has 2 amide bonds. The fourth-order valence-electron chi connectivity index (χ4n) is 2.70. The highest BCUT2D eigenvalue weighted by Crippen LogP contribution is 2.09. The second kappa shape index (κ2) is 12.7. The molecule has 0 aliphatic heterocycles. The van der Waals surface area contributed by atoms with Gasteiger partial charge in [-0.1, -0.05) is 19.1 Å². The monoisotopic (exact) mass is 467 g/mol. The Bertz CT molecular complexity index is 1230. The van der Waals surface area contributed by atoms with Crippen molar-refractivity contribution in [3.8, 4) is 0 Å². The number of hydrogen-bond donors (Lipinski definition) is 3. The molecule has 0 spiro atoms. The summed E-state index contributed by atoms with van der Waals surface area (Å²) in [5, 5.41) is 5.03. The summed E-state index contributed by atoms with van der Waals surface area (Å²) in [6.45, 7) is 5.08. The number of carbonyl (C=O) groups is 3. The number of aromatic amines is 1. The average molecular weight is 468 g/mol. The summed E-state index contributed by atoms with van der Waals surface area (Å²) >= 11 is 0. The molecule has 178 valence electrons. The lowest BCUT2D eigenvalue weighted by atomic mass is 10.1. The van der Waals surface area contributed by atoms with Crippen molar-refractivity contribution in [2.45, 2.75) is 33.7 Å². The molecule has 1 aromatic carbocycles. The minimum absolute atomic E-state index is 0.0148. The second-order valence-corrected chi connectivity index (χ2v) is 7.35. The standard InChI is InChI=1S/C17H17FN4O3.C7H9NO/c1-10-5-12(3-4-13(10)18)8-20-17(25)15-6-14(21-9-22-15)16(24)19-7-11(2)23;1-2-6-3-4-8-7(9)5-6/h3-6,9H,7-8H2,1-2H3,(H,19,24)(H,20,25);3-5H,2H2,1H3,(H,8,9). The molecular weight excluding hydrogens is 441 g/mol. The van der Waals surface area contributed by atoms with E-state index in [-0.39, 0.29) is 41.6 Å². The van der Waals surface area contributed by atoms with Crippen LogP contribution in [0.4, 0.5) is 4.39 Å². The Morgan fingerprint density at radius 3 is 2.21 bits per heavy atom. The molecular formula is C24H26FN5O4. The summed E-state index contributed by atoms with van der Waals surface area (Å²) in [7, 11) is 0. The van der Waals surface area contributed by atoms with Crippen molar-refractivity contribution in [3.05, 3.63) is 93.2 Å². The van der Waals surface area contributed by atoms with Crippen molar-refractivity contribution < 1.29 is 18.8 Å². The normalized spacial score (nSPS) is 10.0. The van der Waals surface area contributed by atoms with Crippen LogP contribution in [0.5, 0.6) is 0 Å². The predicted octanol–water partition coefficient (Wildman–Crippen LogP) is 2.11. The Kier molecular flexibility index (Phi) is 9.75. The van der Waals surface area contributed by atoms with Gasteiger partial charge in [0.1, 0.15) is 29.3 Å². The van der Waals surface area contributed by atoms with E-state index in [1.807, 2.05) is 13.0 Å². The molecule has 0 aliphatic carbocycles. The maximum absolute atomic E-state index is 13.2. The molecule has 2 heterocycles. The van der Waals surface area contributed by atoms with Gasteiger partial charge in [0.25, 0.3) is 11.8 Å². The van der Waals surface area contributed by atoms with Gasteiger partial charge >= 0.3 is 0 Å². The van der Waals surface area contributed by atoms with Crippen molar-refractivity contribution >= 4 is 17.6 Å². The first-order valence-corrected chi connectivity index (χ1v) is 10.5. The number of nitrogens with zero attached hydrogens (tertiary/aromatic N) is 2. The van der Waals surface area contributed by atoms with E-state index in [0.717, 1.165) is 23.9 Å². The number of aromatic nitrogens is 3. The number of pyridine rings is 1. The molecule has 0 bridgehead atoms. The molecule has 0 radical (unpaired) electrons. The Balaban J connectivity index is 0.000000379. The van der Waals surface area contributed by atoms with Crippen LogP contribution in [0.3, 0.4) is 0 Å². The number of nitrogens with one attached hydrogen (secondary N) is 3. The van der Waals surface area contributed by atoms with Gasteiger partial charge in [0.15, 0.2) is 0 Å². The number of halogens is 1. The summed E-state index contributed by atoms with van der Waals surface area (Å²) in [5.41, 5.74) is 2.29. The van der Waals surface area contributed by atoms with Crippen LogP contribution < -0.4 is 16.2 Å². The van der Waals surface area contributed by atoms with Gasteiger partial charge in [0, 0.05) is 24.9 Å². The maximum atomic E-state index is 13.2. The second-order valence-electron chi connectivity index (χ2n) is 7.35. The minimum atomic E-state index is -0.569. The van der Waals surface area contributed by atoms with Gasteiger partial charge in [-0.05, 0) is 49.1 Å². The molecule has 10 heteroatoms. The lowest BCUT2D eigenvalue weighted by Gasteiger charge is -2.07. The van der Waals surface area contributed by atoms with Crippen LogP contribution in [0.1, 0.15) is 51.5 Å². The smallest absolute Gasteiger partial charge is 0.270 e. The largest absolute Gasteiger partial charge is 0.347 e. The van der Waals surface area contributed by atoms with E-state index in [4.69, 9.17) is 0 Å². The molecule has 0 unspecified atom stereocenters. The van der Waals surface area contributed by atoms with Gasteiger partial charge in [-0.3, -0.25) is 19.2 Å². The SMILES string of the molecule is CC(=O)CNC(=O)c1cc(C(=O)NCc2ccc(F)c(C)c2)ncn1.CCc1cc[nH]c(=O)c1. The van der Waals surface area contributed by atoms with Crippen molar-refractivity contribution in [3.63, 3.8) is 0 Å². The van der Waals surface area contributed by atoms with Gasteiger partial charge in [0.2, 0.25) is 5.56 Å². The molecule has 0 saturated carbocycles. The van der Waals surface area contributed by atoms with E-state index < -0.39 is 11.8 Å². The molecule has 3 N–H and O–H groups in total. The van der Waals surface area contributed by atoms with E-state index in [0.29, 0.717) is 5.56 Å². The van der Waals surface area contributed by atoms with E-state index in [2.05, 4.69) is 25.6 Å². The number of rotatable bonds is 7. The van der Waals surface area contributed by atoms with Gasteiger partial charge in [-0.25, -0.2) is 14.4 Å². The number of aryl methyl sites for hydroxylation is 2. The summed E-state index contributed by atoms with van der Waals surface area (Å²) in [5.74, 6) is -1.58. The van der Waals surface area contributed by atoms with E-state index in [9.17, 15) is 23.6 Å². The molecule has 0 fully saturated rings. The quantitative estimate of drug-likeness (QED) is 0.487. The third-order valence-corrected chi connectivity index (χ3v) is 4.55. The molecule has 9 nitrogen and oxygen atoms in total. The van der Waals surface area contributed by atoms with Crippen molar-refractivity contribution in [1.29, 1.82) is 0 Å². The van der Waals surface area contributed by atoms with Crippen molar-refractivity contribution in [2.24, 2.45) is 0 Å². The van der Waals surface area contributed by atoms with Crippen molar-refractivity contribution in [2.75, 3.05) is 6.54 Å². The van der Waals surface area contributed by atoms with Crippen LogP contribution in [-0.2, 0) is 17.8 Å². The third kappa shape index (κ3) is 8.38. The van der Waals surface area contributed by atoms with Crippen LogP contribution in [0.25, 0.3) is 0 Å². The Morgan fingerprint density at radius 1 is 0.971 bits per heavy atom. The molecule has 2 aromatic heterocycles. The summed E-state index contributed by atoms with van der Waals surface area (Å²) in [6, 6.07) is 9.29. The molecule has 3 aromatic rings. The lowest BCUT2D eigenvalue weighted by molar-refractivity contribution is -0.116. The third-order valence-electron chi connectivity index (χ3n) is 4.55. The first-order valence-electron chi connectivity index (χ1n) is 10.5. The highest BCUT2D eigenvalue weighted by molar-refractivity contribution is 5.98. The number of amides is 2. The fourth-order valence-corrected chi connectivity index (χ4v) is 2.70. The lowest BCUT2D eigenvalue weighted by Crippen LogP contribution is -2.30. The van der Waals surface area contributed by atoms with Gasteiger partial charge < -0.3 is 15.6 Å².